The maximum atomic E-state index is 13.6. The number of carbonyl (C=O) groups is 2. The second-order valence-corrected chi connectivity index (χ2v) is 10.3. The number of hydrogen-bond donors (Lipinski definition) is 1. The summed E-state index contributed by atoms with van der Waals surface area (Å²) in [7, 11) is 0. The number of pyridine rings is 1. The van der Waals surface area contributed by atoms with E-state index in [2.05, 4.69) is 23.3 Å². The predicted octanol–water partition coefficient (Wildman–Crippen LogP) is 6.41. The lowest BCUT2D eigenvalue weighted by Crippen LogP contribution is -2.40. The molecule has 2 aliphatic rings. The number of aromatic nitrogens is 1. The Morgan fingerprint density at radius 2 is 2.08 bits per heavy atom. The summed E-state index contributed by atoms with van der Waals surface area (Å²) in [4.78, 5) is 29.3. The van der Waals surface area contributed by atoms with E-state index < -0.39 is 0 Å². The van der Waals surface area contributed by atoms with E-state index in [1.165, 1.54) is 12.1 Å². The Morgan fingerprint density at radius 1 is 1.24 bits per heavy atom. The van der Waals surface area contributed by atoms with Crippen LogP contribution in [0.3, 0.4) is 0 Å². The third-order valence-electron chi connectivity index (χ3n) is 7.61. The molecule has 1 aliphatic carbocycles. The summed E-state index contributed by atoms with van der Waals surface area (Å²) >= 11 is 0. The third kappa shape index (κ3) is 6.76. The van der Waals surface area contributed by atoms with Gasteiger partial charge < -0.3 is 14.8 Å². The largest absolute Gasteiger partial charge is 0.462 e. The van der Waals surface area contributed by atoms with Gasteiger partial charge in [-0.3, -0.25) is 9.78 Å². The Labute approximate surface area is 218 Å². The molecule has 1 aromatic heterocycles. The van der Waals surface area contributed by atoms with Crippen molar-refractivity contribution in [3.63, 3.8) is 0 Å². The highest BCUT2D eigenvalue weighted by Crippen LogP contribution is 2.47. The van der Waals surface area contributed by atoms with Crippen molar-refractivity contribution in [2.24, 2.45) is 23.7 Å². The van der Waals surface area contributed by atoms with Gasteiger partial charge in [0.25, 0.3) is 0 Å². The first-order valence-electron chi connectivity index (χ1n) is 13.4. The monoisotopic (exact) mass is 508 g/mol. The van der Waals surface area contributed by atoms with Gasteiger partial charge in [-0.15, -0.1) is 0 Å². The van der Waals surface area contributed by atoms with Crippen molar-refractivity contribution in [1.82, 2.24) is 10.3 Å². The molecule has 0 bridgehead atoms. The lowest BCUT2D eigenvalue weighted by atomic mass is 9.65. The van der Waals surface area contributed by atoms with Crippen LogP contribution in [0, 0.1) is 29.5 Å². The van der Waals surface area contributed by atoms with Gasteiger partial charge in [0.05, 0.1) is 18.2 Å². The number of esters is 1. The van der Waals surface area contributed by atoms with Crippen molar-refractivity contribution in [2.75, 3.05) is 6.61 Å². The number of amides is 1. The fourth-order valence-corrected chi connectivity index (χ4v) is 6.03. The normalized spacial score (nSPS) is 25.9. The van der Waals surface area contributed by atoms with Crippen LogP contribution in [0.2, 0.25) is 0 Å². The molecule has 2 fully saturated rings. The smallest absolute Gasteiger partial charge is 0.407 e. The molecule has 7 heteroatoms. The van der Waals surface area contributed by atoms with E-state index in [0.717, 1.165) is 48.9 Å². The zero-order chi connectivity index (χ0) is 26.4. The number of nitrogens with one attached hydrogen (secondary N) is 1. The van der Waals surface area contributed by atoms with Gasteiger partial charge in [-0.2, -0.15) is 0 Å². The molecule has 1 saturated carbocycles. The number of cyclic esters (lactones) is 1. The quantitative estimate of drug-likeness (QED) is 0.396. The molecule has 198 valence electrons. The first-order valence-corrected chi connectivity index (χ1v) is 13.4. The average Bonchev–Trinajstić information content (AvgIpc) is 3.16. The number of carbonyl (C=O) groups excluding carboxylic acids is 2. The predicted molar refractivity (Wildman–Crippen MR) is 141 cm³/mol. The third-order valence-corrected chi connectivity index (χ3v) is 7.61. The molecule has 2 heterocycles. The van der Waals surface area contributed by atoms with E-state index >= 15 is 0 Å². The zero-order valence-corrected chi connectivity index (χ0v) is 21.9. The number of benzene rings is 1. The summed E-state index contributed by atoms with van der Waals surface area (Å²) < 4.78 is 24.3. The van der Waals surface area contributed by atoms with Crippen molar-refractivity contribution in [3.05, 3.63) is 60.2 Å². The first kappa shape index (κ1) is 26.8. The van der Waals surface area contributed by atoms with Gasteiger partial charge in [-0.25, -0.2) is 9.18 Å². The number of halogens is 1. The van der Waals surface area contributed by atoms with Crippen LogP contribution >= 0.6 is 0 Å². The summed E-state index contributed by atoms with van der Waals surface area (Å²) in [5, 5.41) is 3.01. The van der Waals surface area contributed by atoms with Gasteiger partial charge in [-0.1, -0.05) is 37.6 Å². The maximum absolute atomic E-state index is 13.6. The molecule has 4 rings (SSSR count). The van der Waals surface area contributed by atoms with Crippen molar-refractivity contribution in [1.29, 1.82) is 0 Å². The van der Waals surface area contributed by atoms with Crippen molar-refractivity contribution in [2.45, 2.75) is 65.0 Å². The van der Waals surface area contributed by atoms with Gasteiger partial charge in [-0.05, 0) is 81.2 Å². The lowest BCUT2D eigenvalue weighted by Gasteiger charge is -2.37. The molecule has 1 aromatic carbocycles. The van der Waals surface area contributed by atoms with Crippen LogP contribution in [0.4, 0.5) is 9.18 Å². The number of nitrogens with zero attached hydrogens (tertiary/aromatic N) is 1. The fourth-order valence-electron chi connectivity index (χ4n) is 6.03. The first-order chi connectivity index (χ1) is 17.9. The van der Waals surface area contributed by atoms with Crippen LogP contribution < -0.4 is 5.32 Å². The summed E-state index contributed by atoms with van der Waals surface area (Å²) in [5.74, 6) is 0.0774. The van der Waals surface area contributed by atoms with Crippen LogP contribution in [0.1, 0.15) is 58.6 Å². The SMILES string of the molecule is CCC[C@H](C[C@@H]1C[C@H](/C=C/c2ccc(-c3cccc(F)c3)cn2)[C@@H]2[C@@H](C)OC(=O)[C@@H]2C1)NC(=O)OCC. The number of fused-ring (bicyclic) bond motifs is 1. The second kappa shape index (κ2) is 12.3. The molecule has 1 aliphatic heterocycles. The van der Waals surface area contributed by atoms with Crippen molar-refractivity contribution >= 4 is 18.1 Å². The molecular formula is C30H37FN2O4. The van der Waals surface area contributed by atoms with E-state index in [9.17, 15) is 14.0 Å². The van der Waals surface area contributed by atoms with E-state index in [1.54, 1.807) is 19.2 Å². The molecule has 0 radical (unpaired) electrons. The second-order valence-electron chi connectivity index (χ2n) is 10.3. The van der Waals surface area contributed by atoms with E-state index in [4.69, 9.17) is 9.47 Å². The maximum Gasteiger partial charge on any atom is 0.407 e. The highest BCUT2D eigenvalue weighted by Gasteiger charge is 2.50. The van der Waals surface area contributed by atoms with Gasteiger partial charge in [0.1, 0.15) is 11.9 Å². The molecule has 6 atom stereocenters. The summed E-state index contributed by atoms with van der Waals surface area (Å²) in [6, 6.07) is 10.4. The summed E-state index contributed by atoms with van der Waals surface area (Å²) in [6.45, 7) is 6.22. The summed E-state index contributed by atoms with van der Waals surface area (Å²) in [5.41, 5.74) is 2.45. The number of rotatable bonds is 9. The van der Waals surface area contributed by atoms with Crippen LogP contribution in [-0.4, -0.2) is 35.8 Å². The Hall–Kier alpha value is -3.22. The Bertz CT molecular complexity index is 1100. The standard InChI is InChI=1S/C30H37FN2O4/c1-4-7-26(33-30(35)36-5-2)15-20-14-22(28-19(3)37-29(34)27(28)16-20)10-12-25-13-11-23(18-32-25)21-8-6-9-24(31)17-21/h6,8-13,17-20,22,26-28H,4-5,7,14-16H2,1-3H3,(H,33,35)/b12-10+/t19-,20+,22+,26-,27-,28+/m1/s1. The molecule has 1 amide bonds. The Morgan fingerprint density at radius 3 is 2.78 bits per heavy atom. The topological polar surface area (TPSA) is 77.5 Å². The molecular weight excluding hydrogens is 471 g/mol. The Balaban J connectivity index is 1.48. The number of ether oxygens (including phenoxy) is 2. The zero-order valence-electron chi connectivity index (χ0n) is 21.9. The van der Waals surface area contributed by atoms with E-state index in [1.807, 2.05) is 31.2 Å². The highest BCUT2D eigenvalue weighted by atomic mass is 19.1. The average molecular weight is 509 g/mol. The van der Waals surface area contributed by atoms with Crippen molar-refractivity contribution < 1.29 is 23.5 Å². The molecule has 6 nitrogen and oxygen atoms in total. The number of hydrogen-bond acceptors (Lipinski definition) is 5. The lowest BCUT2D eigenvalue weighted by molar-refractivity contribution is -0.144. The van der Waals surface area contributed by atoms with Crippen LogP contribution in [0.25, 0.3) is 17.2 Å². The minimum Gasteiger partial charge on any atom is -0.462 e. The van der Waals surface area contributed by atoms with Gasteiger partial charge in [0, 0.05) is 23.7 Å². The molecule has 2 aromatic rings. The number of alkyl carbamates (subject to hydrolysis) is 1. The molecule has 0 unspecified atom stereocenters. The van der Waals surface area contributed by atoms with Crippen LogP contribution in [0.15, 0.2) is 48.7 Å². The van der Waals surface area contributed by atoms with Crippen LogP contribution in [0.5, 0.6) is 0 Å². The fraction of sp³-hybridized carbons (Fsp3) is 0.500. The molecule has 37 heavy (non-hydrogen) atoms. The minimum atomic E-state index is -0.382. The van der Waals surface area contributed by atoms with E-state index in [-0.39, 0.29) is 53.7 Å². The van der Waals surface area contributed by atoms with Crippen LogP contribution in [-0.2, 0) is 14.3 Å². The molecule has 0 spiro atoms. The number of allylic oxidation sites excluding steroid dienone is 1. The van der Waals surface area contributed by atoms with E-state index in [0.29, 0.717) is 6.61 Å². The minimum absolute atomic E-state index is 0.0158. The van der Waals surface area contributed by atoms with Gasteiger partial charge >= 0.3 is 12.1 Å². The molecule has 1 N–H and O–H groups in total. The summed E-state index contributed by atoms with van der Waals surface area (Å²) in [6.07, 6.45) is 9.75. The van der Waals surface area contributed by atoms with Gasteiger partial charge in [0.2, 0.25) is 0 Å². The molecule has 1 saturated heterocycles. The highest BCUT2D eigenvalue weighted by molar-refractivity contribution is 5.75. The Kier molecular flexibility index (Phi) is 8.95. The van der Waals surface area contributed by atoms with Crippen molar-refractivity contribution in [3.8, 4) is 11.1 Å². The van der Waals surface area contributed by atoms with Gasteiger partial charge in [0.15, 0.2) is 0 Å².